The van der Waals surface area contributed by atoms with Crippen molar-refractivity contribution in [2.75, 3.05) is 19.3 Å². The second-order valence-corrected chi connectivity index (χ2v) is 9.72. The first-order chi connectivity index (χ1) is 12.5. The largest absolute Gasteiger partial charge is 0.234 e. The molecule has 7 nitrogen and oxygen atoms in total. The number of hydrogen-bond donors (Lipinski definition) is 0. The summed E-state index contributed by atoms with van der Waals surface area (Å²) < 4.78 is 27.1. The number of benzene rings is 1. The number of aromatic nitrogens is 4. The Hall–Kier alpha value is -1.84. The highest BCUT2D eigenvalue weighted by Crippen LogP contribution is 2.28. The smallest absolute Gasteiger partial charge is 0.213 e. The lowest BCUT2D eigenvalue weighted by molar-refractivity contribution is 0.309. The molecule has 1 unspecified atom stereocenters. The molecule has 4 rings (SSSR count). The van der Waals surface area contributed by atoms with Gasteiger partial charge in [-0.2, -0.15) is 9.61 Å². The third-order valence-electron chi connectivity index (χ3n) is 4.75. The zero-order valence-corrected chi connectivity index (χ0v) is 16.2. The molecule has 1 atom stereocenters. The van der Waals surface area contributed by atoms with E-state index in [2.05, 4.69) is 22.3 Å². The lowest BCUT2D eigenvalue weighted by Gasteiger charge is -2.29. The Labute approximate surface area is 156 Å². The minimum absolute atomic E-state index is 0.0394. The molecule has 1 aliphatic rings. The molecule has 1 aliphatic heterocycles. The van der Waals surface area contributed by atoms with Gasteiger partial charge < -0.3 is 0 Å². The van der Waals surface area contributed by atoms with Gasteiger partial charge in [-0.3, -0.25) is 0 Å². The number of nitrogens with zero attached hydrogens (tertiary/aromatic N) is 5. The van der Waals surface area contributed by atoms with Crippen molar-refractivity contribution in [3.05, 3.63) is 46.7 Å². The summed E-state index contributed by atoms with van der Waals surface area (Å²) in [6.07, 6.45) is 4.80. The summed E-state index contributed by atoms with van der Waals surface area (Å²) >= 11 is 1.55. The summed E-state index contributed by atoms with van der Waals surface area (Å²) in [4.78, 5) is 0.777. The molecule has 3 aromatic rings. The van der Waals surface area contributed by atoms with Crippen molar-refractivity contribution >= 4 is 26.3 Å². The topological polar surface area (TPSA) is 80.5 Å². The Balaban J connectivity index is 1.52. The van der Waals surface area contributed by atoms with Crippen molar-refractivity contribution in [3.63, 3.8) is 0 Å². The molecule has 1 saturated heterocycles. The van der Waals surface area contributed by atoms with Gasteiger partial charge in [-0.25, -0.2) is 12.7 Å². The zero-order chi connectivity index (χ0) is 18.1. The van der Waals surface area contributed by atoms with Crippen molar-refractivity contribution in [1.29, 1.82) is 0 Å². The molecule has 26 heavy (non-hydrogen) atoms. The predicted molar refractivity (Wildman–Crippen MR) is 101 cm³/mol. The van der Waals surface area contributed by atoms with Crippen LogP contribution in [0.2, 0.25) is 0 Å². The van der Waals surface area contributed by atoms with Crippen LogP contribution in [0.5, 0.6) is 0 Å². The van der Waals surface area contributed by atoms with Crippen LogP contribution in [0.1, 0.15) is 35.2 Å². The SMILES string of the molecule is CS(=O)(=O)N1CCCC(c2nnc3sc(CCc4ccccc4)nn23)C1. The third-order valence-corrected chi connectivity index (χ3v) is 6.97. The van der Waals surface area contributed by atoms with Crippen LogP contribution in [0.4, 0.5) is 0 Å². The molecule has 0 bridgehead atoms. The number of rotatable bonds is 5. The van der Waals surface area contributed by atoms with E-state index in [-0.39, 0.29) is 5.92 Å². The van der Waals surface area contributed by atoms with Crippen LogP contribution in [0, 0.1) is 0 Å². The number of piperidine rings is 1. The first-order valence-electron chi connectivity index (χ1n) is 8.71. The van der Waals surface area contributed by atoms with E-state index in [1.165, 1.54) is 16.1 Å². The Morgan fingerprint density at radius 2 is 2.00 bits per heavy atom. The van der Waals surface area contributed by atoms with E-state index in [0.717, 1.165) is 41.5 Å². The van der Waals surface area contributed by atoms with Gasteiger partial charge >= 0.3 is 0 Å². The third kappa shape index (κ3) is 3.65. The van der Waals surface area contributed by atoms with E-state index >= 15 is 0 Å². The Morgan fingerprint density at radius 1 is 1.19 bits per heavy atom. The second-order valence-electron chi connectivity index (χ2n) is 6.69. The molecular weight excluding hydrogens is 370 g/mol. The van der Waals surface area contributed by atoms with Gasteiger partial charge in [0.25, 0.3) is 0 Å². The van der Waals surface area contributed by atoms with Crippen LogP contribution in [0.3, 0.4) is 0 Å². The normalized spacial score (nSPS) is 19.2. The van der Waals surface area contributed by atoms with Crippen molar-refractivity contribution in [2.45, 2.75) is 31.6 Å². The highest BCUT2D eigenvalue weighted by Gasteiger charge is 2.30. The lowest BCUT2D eigenvalue weighted by Crippen LogP contribution is -2.38. The molecule has 0 spiro atoms. The van der Waals surface area contributed by atoms with E-state index in [0.29, 0.717) is 13.1 Å². The Kier molecular flexibility index (Phi) is 4.76. The molecule has 1 fully saturated rings. The standard InChI is InChI=1S/C17H21N5O2S2/c1-26(23,24)21-11-5-8-14(12-21)16-18-19-17-22(16)20-15(25-17)10-9-13-6-3-2-4-7-13/h2-4,6-7,14H,5,8-12H2,1H3. The highest BCUT2D eigenvalue weighted by molar-refractivity contribution is 7.88. The quantitative estimate of drug-likeness (QED) is 0.665. The molecular formula is C17H21N5O2S2. The molecule has 138 valence electrons. The number of hydrogen-bond acceptors (Lipinski definition) is 6. The fraction of sp³-hybridized carbons (Fsp3) is 0.471. The maximum Gasteiger partial charge on any atom is 0.234 e. The molecule has 3 heterocycles. The van der Waals surface area contributed by atoms with Crippen molar-refractivity contribution in [2.24, 2.45) is 0 Å². The van der Waals surface area contributed by atoms with Crippen LogP contribution in [0.25, 0.3) is 4.96 Å². The average molecular weight is 392 g/mol. The van der Waals surface area contributed by atoms with Crippen LogP contribution in [-0.2, 0) is 22.9 Å². The van der Waals surface area contributed by atoms with Gasteiger partial charge in [0.15, 0.2) is 5.82 Å². The van der Waals surface area contributed by atoms with Gasteiger partial charge in [-0.05, 0) is 24.8 Å². The first kappa shape index (κ1) is 17.6. The van der Waals surface area contributed by atoms with E-state index in [9.17, 15) is 8.42 Å². The summed E-state index contributed by atoms with van der Waals surface area (Å²) in [6, 6.07) is 10.3. The van der Waals surface area contributed by atoms with Crippen molar-refractivity contribution < 1.29 is 8.42 Å². The number of sulfonamides is 1. The van der Waals surface area contributed by atoms with Crippen LogP contribution in [-0.4, -0.2) is 51.9 Å². The van der Waals surface area contributed by atoms with E-state index < -0.39 is 10.0 Å². The second kappa shape index (κ2) is 7.05. The number of aryl methyl sites for hydroxylation is 2. The van der Waals surface area contributed by atoms with E-state index in [4.69, 9.17) is 5.10 Å². The van der Waals surface area contributed by atoms with Gasteiger partial charge in [-0.1, -0.05) is 41.7 Å². The fourth-order valence-electron chi connectivity index (χ4n) is 3.38. The summed E-state index contributed by atoms with van der Waals surface area (Å²) in [7, 11) is -3.18. The van der Waals surface area contributed by atoms with Gasteiger partial charge in [0, 0.05) is 25.4 Å². The Morgan fingerprint density at radius 3 is 2.77 bits per heavy atom. The fourth-order valence-corrected chi connectivity index (χ4v) is 5.13. The minimum Gasteiger partial charge on any atom is -0.213 e. The molecule has 0 aliphatic carbocycles. The molecule has 1 aromatic carbocycles. The van der Waals surface area contributed by atoms with Crippen LogP contribution >= 0.6 is 11.3 Å². The summed E-state index contributed by atoms with van der Waals surface area (Å²) in [5.74, 6) is 0.813. The summed E-state index contributed by atoms with van der Waals surface area (Å²) in [5, 5.41) is 14.3. The lowest BCUT2D eigenvalue weighted by atomic mass is 9.99. The van der Waals surface area contributed by atoms with Crippen molar-refractivity contribution in [3.8, 4) is 0 Å². The molecule has 0 radical (unpaired) electrons. The van der Waals surface area contributed by atoms with Crippen LogP contribution < -0.4 is 0 Å². The molecule has 2 aromatic heterocycles. The number of fused-ring (bicyclic) bond motifs is 1. The molecule has 9 heteroatoms. The van der Waals surface area contributed by atoms with Gasteiger partial charge in [-0.15, -0.1) is 10.2 Å². The minimum atomic E-state index is -3.18. The predicted octanol–water partition coefficient (Wildman–Crippen LogP) is 2.11. The zero-order valence-electron chi connectivity index (χ0n) is 14.6. The van der Waals surface area contributed by atoms with Gasteiger partial charge in [0.2, 0.25) is 15.0 Å². The van der Waals surface area contributed by atoms with Crippen LogP contribution in [0.15, 0.2) is 30.3 Å². The van der Waals surface area contributed by atoms with Crippen molar-refractivity contribution in [1.82, 2.24) is 24.1 Å². The van der Waals surface area contributed by atoms with E-state index in [1.54, 1.807) is 15.9 Å². The highest BCUT2D eigenvalue weighted by atomic mass is 32.2. The maximum absolute atomic E-state index is 11.9. The van der Waals surface area contributed by atoms with E-state index in [1.807, 2.05) is 18.2 Å². The molecule has 0 N–H and O–H groups in total. The molecule has 0 saturated carbocycles. The van der Waals surface area contributed by atoms with Gasteiger partial charge in [0.05, 0.1) is 6.26 Å². The van der Waals surface area contributed by atoms with Gasteiger partial charge in [0.1, 0.15) is 5.01 Å². The summed E-state index contributed by atoms with van der Waals surface area (Å²) in [5.41, 5.74) is 1.29. The maximum atomic E-state index is 11.9. The molecule has 0 amide bonds. The Bertz CT molecular complexity index is 997. The first-order valence-corrected chi connectivity index (χ1v) is 11.4. The summed E-state index contributed by atoms with van der Waals surface area (Å²) in [6.45, 7) is 1.03. The average Bonchev–Trinajstić information content (AvgIpc) is 3.20. The monoisotopic (exact) mass is 391 g/mol.